The fourth-order valence-electron chi connectivity index (χ4n) is 2.06. The first-order chi connectivity index (χ1) is 9.94. The summed E-state index contributed by atoms with van der Waals surface area (Å²) in [6.07, 6.45) is 5.20. The highest BCUT2D eigenvalue weighted by Crippen LogP contribution is 2.22. The predicted octanol–water partition coefficient (Wildman–Crippen LogP) is 1.28. The summed E-state index contributed by atoms with van der Waals surface area (Å²) in [6.45, 7) is 1.76. The third-order valence-corrected chi connectivity index (χ3v) is 5.63. The molecule has 0 fully saturated rings. The Morgan fingerprint density at radius 3 is 2.76 bits per heavy atom. The van der Waals surface area contributed by atoms with Gasteiger partial charge >= 0.3 is 0 Å². The lowest BCUT2D eigenvalue weighted by Gasteiger charge is -2.08. The zero-order valence-electron chi connectivity index (χ0n) is 11.2. The topological polar surface area (TPSA) is 81.1 Å². The Labute approximate surface area is 126 Å². The number of amides is 1. The Hall–Kier alpha value is -1.93. The predicted molar refractivity (Wildman–Crippen MR) is 80.4 cm³/mol. The van der Waals surface area contributed by atoms with Crippen LogP contribution in [0.2, 0.25) is 0 Å². The molecule has 0 radical (unpaired) electrons. The summed E-state index contributed by atoms with van der Waals surface area (Å²) in [5.74, 6) is -0.378. The second kappa shape index (κ2) is 5.12. The SMILES string of the molecule is Cc1nc(-n2cccc2)sc1C(=O)N[C@@H]1C=CS(=O)(=O)C1. The maximum atomic E-state index is 12.2. The molecule has 6 nitrogen and oxygen atoms in total. The molecule has 21 heavy (non-hydrogen) atoms. The molecule has 110 valence electrons. The van der Waals surface area contributed by atoms with Gasteiger partial charge in [0.15, 0.2) is 15.0 Å². The van der Waals surface area contributed by atoms with Gasteiger partial charge in [-0.3, -0.25) is 4.79 Å². The molecule has 0 unspecified atom stereocenters. The first kappa shape index (κ1) is 14.0. The molecule has 3 rings (SSSR count). The normalized spacial score (nSPS) is 19.8. The molecule has 1 N–H and O–H groups in total. The number of aromatic nitrogens is 2. The molecule has 0 spiro atoms. The van der Waals surface area contributed by atoms with E-state index in [0.29, 0.717) is 15.7 Å². The van der Waals surface area contributed by atoms with Crippen LogP contribution >= 0.6 is 11.3 Å². The van der Waals surface area contributed by atoms with Crippen molar-refractivity contribution >= 4 is 27.1 Å². The van der Waals surface area contributed by atoms with Gasteiger partial charge in [0, 0.05) is 17.8 Å². The lowest BCUT2D eigenvalue weighted by atomic mass is 10.3. The number of nitrogens with one attached hydrogen (secondary N) is 1. The van der Waals surface area contributed by atoms with Crippen molar-refractivity contribution in [2.75, 3.05) is 5.75 Å². The van der Waals surface area contributed by atoms with Crippen LogP contribution in [0, 0.1) is 6.92 Å². The van der Waals surface area contributed by atoms with E-state index in [0.717, 1.165) is 5.41 Å². The van der Waals surface area contributed by atoms with Crippen LogP contribution in [0.3, 0.4) is 0 Å². The summed E-state index contributed by atoms with van der Waals surface area (Å²) >= 11 is 1.27. The molecule has 2 aromatic rings. The van der Waals surface area contributed by atoms with E-state index < -0.39 is 15.9 Å². The monoisotopic (exact) mass is 323 g/mol. The number of carbonyl (C=O) groups is 1. The van der Waals surface area contributed by atoms with Gasteiger partial charge in [0.05, 0.1) is 17.5 Å². The van der Waals surface area contributed by atoms with E-state index in [-0.39, 0.29) is 11.7 Å². The lowest BCUT2D eigenvalue weighted by molar-refractivity contribution is 0.0951. The molecule has 1 aliphatic rings. The highest BCUT2D eigenvalue weighted by Gasteiger charge is 2.25. The van der Waals surface area contributed by atoms with Gasteiger partial charge in [-0.15, -0.1) is 0 Å². The number of carbonyl (C=O) groups excluding carboxylic acids is 1. The highest BCUT2D eigenvalue weighted by molar-refractivity contribution is 7.94. The zero-order valence-corrected chi connectivity index (χ0v) is 12.8. The minimum atomic E-state index is -3.18. The smallest absolute Gasteiger partial charge is 0.263 e. The molecule has 8 heteroatoms. The van der Waals surface area contributed by atoms with Crippen molar-refractivity contribution in [1.29, 1.82) is 0 Å². The third kappa shape index (κ3) is 2.91. The summed E-state index contributed by atoms with van der Waals surface area (Å²) in [4.78, 5) is 17.1. The van der Waals surface area contributed by atoms with Gasteiger partial charge in [-0.25, -0.2) is 13.4 Å². The van der Waals surface area contributed by atoms with E-state index in [9.17, 15) is 13.2 Å². The first-order valence-corrected chi connectivity index (χ1v) is 8.80. The van der Waals surface area contributed by atoms with Crippen molar-refractivity contribution in [3.05, 3.63) is 46.6 Å². The Morgan fingerprint density at radius 2 is 2.14 bits per heavy atom. The number of thiazole rings is 1. The Morgan fingerprint density at radius 1 is 1.43 bits per heavy atom. The summed E-state index contributed by atoms with van der Waals surface area (Å²) in [7, 11) is -3.18. The van der Waals surface area contributed by atoms with Gasteiger partial charge in [0.2, 0.25) is 0 Å². The van der Waals surface area contributed by atoms with Crippen molar-refractivity contribution in [3.63, 3.8) is 0 Å². The number of hydrogen-bond donors (Lipinski definition) is 1. The van der Waals surface area contributed by atoms with Gasteiger partial charge in [-0.05, 0) is 25.1 Å². The van der Waals surface area contributed by atoms with E-state index >= 15 is 0 Å². The number of aryl methyl sites for hydroxylation is 1. The fraction of sp³-hybridized carbons (Fsp3) is 0.231. The van der Waals surface area contributed by atoms with Crippen molar-refractivity contribution in [2.24, 2.45) is 0 Å². The minimum Gasteiger partial charge on any atom is -0.344 e. The quantitative estimate of drug-likeness (QED) is 0.922. The Balaban J connectivity index is 1.78. The molecule has 2 aromatic heterocycles. The minimum absolute atomic E-state index is 0.0823. The van der Waals surface area contributed by atoms with Gasteiger partial charge < -0.3 is 9.88 Å². The Kier molecular flexibility index (Phi) is 3.42. The molecule has 0 aromatic carbocycles. The number of nitrogens with zero attached hydrogens (tertiary/aromatic N) is 2. The van der Waals surface area contributed by atoms with Crippen LogP contribution in [0.5, 0.6) is 0 Å². The molecule has 0 saturated heterocycles. The zero-order chi connectivity index (χ0) is 15.0. The molecule has 0 aliphatic carbocycles. The van der Waals surface area contributed by atoms with Crippen molar-refractivity contribution in [3.8, 4) is 5.13 Å². The second-order valence-electron chi connectivity index (χ2n) is 4.74. The molecule has 1 atom stereocenters. The van der Waals surface area contributed by atoms with Gasteiger partial charge in [0.1, 0.15) is 4.88 Å². The Bertz CT molecular complexity index is 804. The summed E-state index contributed by atoms with van der Waals surface area (Å²) in [5, 5.41) is 4.55. The number of hydrogen-bond acceptors (Lipinski definition) is 5. The largest absolute Gasteiger partial charge is 0.344 e. The number of sulfone groups is 1. The first-order valence-electron chi connectivity index (χ1n) is 6.27. The van der Waals surface area contributed by atoms with E-state index in [1.54, 1.807) is 6.92 Å². The average molecular weight is 323 g/mol. The van der Waals surface area contributed by atoms with Crippen LogP contribution in [0.15, 0.2) is 36.0 Å². The van der Waals surface area contributed by atoms with Crippen LogP contribution in [-0.4, -0.2) is 35.7 Å². The standard InChI is InChI=1S/C13H13N3O3S2/c1-9-11(20-13(14-9)16-5-2-3-6-16)12(17)15-10-4-7-21(18,19)8-10/h2-7,10H,8H2,1H3,(H,15,17)/t10-/m1/s1. The second-order valence-corrected chi connectivity index (χ2v) is 7.65. The van der Waals surface area contributed by atoms with Gasteiger partial charge in [-0.2, -0.15) is 0 Å². The summed E-state index contributed by atoms with van der Waals surface area (Å²) in [5.41, 5.74) is 0.631. The molecule has 0 bridgehead atoms. The average Bonchev–Trinajstić information content (AvgIpc) is 3.09. The van der Waals surface area contributed by atoms with Crippen molar-refractivity contribution in [1.82, 2.24) is 14.9 Å². The van der Waals surface area contributed by atoms with E-state index in [1.165, 1.54) is 17.4 Å². The van der Waals surface area contributed by atoms with Gasteiger partial charge in [0.25, 0.3) is 5.91 Å². The molecule has 3 heterocycles. The molecule has 0 saturated carbocycles. The molecule has 1 aliphatic heterocycles. The summed E-state index contributed by atoms with van der Waals surface area (Å²) in [6, 6.07) is 3.29. The third-order valence-electron chi connectivity index (χ3n) is 3.06. The van der Waals surface area contributed by atoms with Crippen molar-refractivity contribution in [2.45, 2.75) is 13.0 Å². The van der Waals surface area contributed by atoms with Crippen molar-refractivity contribution < 1.29 is 13.2 Å². The van der Waals surface area contributed by atoms with Crippen LogP contribution < -0.4 is 5.32 Å². The van der Waals surface area contributed by atoms with Crippen LogP contribution in [0.25, 0.3) is 5.13 Å². The van der Waals surface area contributed by atoms with E-state index in [4.69, 9.17) is 0 Å². The highest BCUT2D eigenvalue weighted by atomic mass is 32.2. The van der Waals surface area contributed by atoms with E-state index in [1.807, 2.05) is 29.1 Å². The van der Waals surface area contributed by atoms with E-state index in [2.05, 4.69) is 10.3 Å². The van der Waals surface area contributed by atoms with Crippen LogP contribution in [0.4, 0.5) is 0 Å². The maximum absolute atomic E-state index is 12.2. The fourth-order valence-corrected chi connectivity index (χ4v) is 4.24. The van der Waals surface area contributed by atoms with Crippen LogP contribution in [-0.2, 0) is 9.84 Å². The number of rotatable bonds is 3. The van der Waals surface area contributed by atoms with Gasteiger partial charge in [-0.1, -0.05) is 11.3 Å². The molecular weight excluding hydrogens is 310 g/mol. The lowest BCUT2D eigenvalue weighted by Crippen LogP contribution is -2.35. The molecular formula is C13H13N3O3S2. The molecule has 1 amide bonds. The summed E-state index contributed by atoms with van der Waals surface area (Å²) < 4.78 is 24.5. The maximum Gasteiger partial charge on any atom is 0.263 e. The van der Waals surface area contributed by atoms with Crippen LogP contribution in [0.1, 0.15) is 15.4 Å².